The Morgan fingerprint density at radius 3 is 2.47 bits per heavy atom. The fraction of sp³-hybridized carbons (Fsp3) is 0.115. The zero-order valence-electron chi connectivity index (χ0n) is 17.4. The van der Waals surface area contributed by atoms with Gasteiger partial charge in [0.25, 0.3) is 5.91 Å². The fourth-order valence-electron chi connectivity index (χ4n) is 3.33. The van der Waals surface area contributed by atoms with Crippen molar-refractivity contribution < 1.29 is 23.0 Å². The predicted molar refractivity (Wildman–Crippen MR) is 120 cm³/mol. The molecule has 0 atom stereocenters. The first-order chi connectivity index (χ1) is 15.5. The summed E-state index contributed by atoms with van der Waals surface area (Å²) < 4.78 is 38.6. The molecule has 0 spiro atoms. The van der Waals surface area contributed by atoms with Gasteiger partial charge in [0.05, 0.1) is 12.3 Å². The number of anilines is 1. The molecule has 0 radical (unpaired) electrons. The van der Waals surface area contributed by atoms with Crippen LogP contribution in [0.1, 0.15) is 22.8 Å². The highest BCUT2D eigenvalue weighted by Crippen LogP contribution is 2.26. The fourth-order valence-corrected chi connectivity index (χ4v) is 3.33. The summed E-state index contributed by atoms with van der Waals surface area (Å²) in [5.41, 5.74) is 0.876. The third-order valence-electron chi connectivity index (χ3n) is 4.92. The Morgan fingerprint density at radius 1 is 0.875 bits per heavy atom. The van der Waals surface area contributed by atoms with Crippen molar-refractivity contribution in [3.8, 4) is 11.5 Å². The van der Waals surface area contributed by atoms with Crippen LogP contribution in [0.5, 0.6) is 11.5 Å². The lowest BCUT2D eigenvalue weighted by molar-refractivity contribution is 0.102. The molecule has 32 heavy (non-hydrogen) atoms. The van der Waals surface area contributed by atoms with Gasteiger partial charge in [-0.2, -0.15) is 0 Å². The van der Waals surface area contributed by atoms with E-state index in [4.69, 9.17) is 9.47 Å². The molecule has 0 unspecified atom stereocenters. The minimum Gasteiger partial charge on any atom is -0.493 e. The zero-order valence-corrected chi connectivity index (χ0v) is 17.4. The molecule has 0 heterocycles. The SMILES string of the molecule is CCOc1ccc(C(=O)Nc2ccc(F)cc2F)cc1COc1ccc2ccccc2c1. The molecule has 0 fully saturated rings. The first-order valence-corrected chi connectivity index (χ1v) is 10.2. The average molecular weight is 433 g/mol. The number of benzene rings is 4. The van der Waals surface area contributed by atoms with Gasteiger partial charge in [0.1, 0.15) is 29.7 Å². The summed E-state index contributed by atoms with van der Waals surface area (Å²) in [6.45, 7) is 2.50. The second-order valence-electron chi connectivity index (χ2n) is 7.13. The summed E-state index contributed by atoms with van der Waals surface area (Å²) >= 11 is 0. The molecule has 1 N–H and O–H groups in total. The highest BCUT2D eigenvalue weighted by Gasteiger charge is 2.14. The number of ether oxygens (including phenoxy) is 2. The van der Waals surface area contributed by atoms with Gasteiger partial charge >= 0.3 is 0 Å². The lowest BCUT2D eigenvalue weighted by atomic mass is 10.1. The number of hydrogen-bond acceptors (Lipinski definition) is 3. The van der Waals surface area contributed by atoms with Gasteiger partial charge in [-0.05, 0) is 60.2 Å². The lowest BCUT2D eigenvalue weighted by Crippen LogP contribution is -2.14. The molecule has 6 heteroatoms. The van der Waals surface area contributed by atoms with Crippen molar-refractivity contribution >= 4 is 22.4 Å². The molecule has 0 bridgehead atoms. The van der Waals surface area contributed by atoms with Crippen molar-refractivity contribution in [2.24, 2.45) is 0 Å². The van der Waals surface area contributed by atoms with E-state index in [-0.39, 0.29) is 12.3 Å². The van der Waals surface area contributed by atoms with Gasteiger partial charge in [0.15, 0.2) is 0 Å². The van der Waals surface area contributed by atoms with Crippen molar-refractivity contribution in [2.45, 2.75) is 13.5 Å². The predicted octanol–water partition coefficient (Wildman–Crippen LogP) is 6.35. The van der Waals surface area contributed by atoms with Crippen molar-refractivity contribution in [3.05, 3.63) is 102 Å². The first kappa shape index (κ1) is 21.3. The Balaban J connectivity index is 1.54. The van der Waals surface area contributed by atoms with Crippen LogP contribution in [0.25, 0.3) is 10.8 Å². The van der Waals surface area contributed by atoms with E-state index >= 15 is 0 Å². The van der Waals surface area contributed by atoms with Crippen LogP contribution in [0, 0.1) is 11.6 Å². The van der Waals surface area contributed by atoms with Crippen LogP contribution >= 0.6 is 0 Å². The largest absolute Gasteiger partial charge is 0.493 e. The van der Waals surface area contributed by atoms with Gasteiger partial charge in [-0.15, -0.1) is 0 Å². The normalized spacial score (nSPS) is 10.7. The monoisotopic (exact) mass is 433 g/mol. The molecule has 0 saturated carbocycles. The Hall–Kier alpha value is -3.93. The van der Waals surface area contributed by atoms with Gasteiger partial charge in [-0.25, -0.2) is 8.78 Å². The maximum atomic E-state index is 13.9. The smallest absolute Gasteiger partial charge is 0.255 e. The maximum absolute atomic E-state index is 13.9. The van der Waals surface area contributed by atoms with Gasteiger partial charge in [0, 0.05) is 17.2 Å². The van der Waals surface area contributed by atoms with Crippen molar-refractivity contribution in [1.82, 2.24) is 0 Å². The minimum absolute atomic E-state index is 0.0979. The summed E-state index contributed by atoms with van der Waals surface area (Å²) in [5, 5.41) is 4.64. The van der Waals surface area contributed by atoms with Crippen LogP contribution in [0.15, 0.2) is 78.9 Å². The summed E-state index contributed by atoms with van der Waals surface area (Å²) in [5.74, 6) is -0.795. The van der Waals surface area contributed by atoms with E-state index < -0.39 is 17.5 Å². The maximum Gasteiger partial charge on any atom is 0.255 e. The number of hydrogen-bond donors (Lipinski definition) is 1. The second kappa shape index (κ2) is 9.47. The van der Waals surface area contributed by atoms with Crippen LogP contribution in [-0.2, 0) is 6.61 Å². The molecule has 0 aliphatic rings. The third-order valence-corrected chi connectivity index (χ3v) is 4.92. The first-order valence-electron chi connectivity index (χ1n) is 10.2. The molecule has 162 valence electrons. The number of nitrogens with one attached hydrogen (secondary N) is 1. The van der Waals surface area contributed by atoms with Crippen LogP contribution < -0.4 is 14.8 Å². The molecular weight excluding hydrogens is 412 g/mol. The zero-order chi connectivity index (χ0) is 22.5. The topological polar surface area (TPSA) is 47.6 Å². The molecule has 1 amide bonds. The van der Waals surface area contributed by atoms with E-state index in [1.54, 1.807) is 18.2 Å². The lowest BCUT2D eigenvalue weighted by Gasteiger charge is -2.14. The molecule has 4 aromatic rings. The molecule has 0 aliphatic heterocycles. The van der Waals surface area contributed by atoms with Crippen molar-refractivity contribution in [2.75, 3.05) is 11.9 Å². The second-order valence-corrected chi connectivity index (χ2v) is 7.13. The summed E-state index contributed by atoms with van der Waals surface area (Å²) in [6, 6.07) is 21.7. The Kier molecular flexibility index (Phi) is 6.31. The van der Waals surface area contributed by atoms with Gasteiger partial charge < -0.3 is 14.8 Å². The highest BCUT2D eigenvalue weighted by molar-refractivity contribution is 6.04. The molecule has 4 aromatic carbocycles. The number of rotatable bonds is 7. The minimum atomic E-state index is -0.843. The standard InChI is InChI=1S/C26H21F2NO3/c1-2-31-25-12-8-19(26(30)29-24-11-9-21(27)15-23(24)28)13-20(25)16-32-22-10-7-17-5-3-4-6-18(17)14-22/h3-15H,2,16H2,1H3,(H,29,30). The molecular formula is C26H21F2NO3. The molecule has 0 aromatic heterocycles. The van der Waals surface area contributed by atoms with Crippen LogP contribution in [0.4, 0.5) is 14.5 Å². The summed E-state index contributed by atoms with van der Waals surface area (Å²) in [4.78, 5) is 12.6. The number of amides is 1. The molecule has 0 saturated heterocycles. The molecule has 4 nitrogen and oxygen atoms in total. The number of carbonyl (C=O) groups excluding carboxylic acids is 1. The van der Waals surface area contributed by atoms with Crippen molar-refractivity contribution in [1.29, 1.82) is 0 Å². The van der Waals surface area contributed by atoms with Gasteiger partial charge in [-0.3, -0.25) is 4.79 Å². The quantitative estimate of drug-likeness (QED) is 0.370. The van der Waals surface area contributed by atoms with E-state index in [1.165, 1.54) is 6.07 Å². The van der Waals surface area contributed by atoms with E-state index in [0.717, 1.165) is 22.9 Å². The number of fused-ring (bicyclic) bond motifs is 1. The average Bonchev–Trinajstić information content (AvgIpc) is 2.80. The van der Waals surface area contributed by atoms with Gasteiger partial charge in [-0.1, -0.05) is 30.3 Å². The number of carbonyl (C=O) groups is 1. The molecule has 0 aliphatic carbocycles. The Bertz CT molecular complexity index is 1270. The summed E-state index contributed by atoms with van der Waals surface area (Å²) in [7, 11) is 0. The van der Waals surface area contributed by atoms with Crippen LogP contribution in [0.2, 0.25) is 0 Å². The summed E-state index contributed by atoms with van der Waals surface area (Å²) in [6.07, 6.45) is 0. The van der Waals surface area contributed by atoms with Gasteiger partial charge in [0.2, 0.25) is 0 Å². The van der Waals surface area contributed by atoms with E-state index in [9.17, 15) is 13.6 Å². The highest BCUT2D eigenvalue weighted by atomic mass is 19.1. The Morgan fingerprint density at radius 2 is 1.69 bits per heavy atom. The van der Waals surface area contributed by atoms with E-state index in [0.29, 0.717) is 29.2 Å². The van der Waals surface area contributed by atoms with Crippen LogP contribution in [0.3, 0.4) is 0 Å². The van der Waals surface area contributed by atoms with E-state index in [2.05, 4.69) is 5.32 Å². The van der Waals surface area contributed by atoms with Crippen LogP contribution in [-0.4, -0.2) is 12.5 Å². The number of halogens is 2. The Labute approximate surface area is 184 Å². The van der Waals surface area contributed by atoms with Crippen molar-refractivity contribution in [3.63, 3.8) is 0 Å². The van der Waals surface area contributed by atoms with E-state index in [1.807, 2.05) is 49.4 Å². The third kappa shape index (κ3) is 4.86. The molecule has 4 rings (SSSR count).